The summed E-state index contributed by atoms with van der Waals surface area (Å²) < 4.78 is 11.4. The van der Waals surface area contributed by atoms with Crippen molar-refractivity contribution < 1.29 is 14.3 Å². The van der Waals surface area contributed by atoms with Gasteiger partial charge in [-0.25, -0.2) is 9.97 Å². The third-order valence-electron chi connectivity index (χ3n) is 8.77. The van der Waals surface area contributed by atoms with Gasteiger partial charge in [0.2, 0.25) is 5.91 Å². The van der Waals surface area contributed by atoms with Gasteiger partial charge in [-0.15, -0.1) is 0 Å². The van der Waals surface area contributed by atoms with Crippen molar-refractivity contribution in [3.8, 4) is 17.6 Å². The Hall–Kier alpha value is -5.46. The zero-order chi connectivity index (χ0) is 34.0. The Morgan fingerprint density at radius 1 is 0.796 bits per heavy atom. The number of piperazine rings is 1. The first-order valence-corrected chi connectivity index (χ1v) is 17.0. The fourth-order valence-electron chi connectivity index (χ4n) is 6.43. The summed E-state index contributed by atoms with van der Waals surface area (Å²) >= 11 is 0. The molecule has 1 N–H and O–H groups in total. The molecule has 1 amide bonds. The minimum atomic E-state index is -1.12. The van der Waals surface area contributed by atoms with Gasteiger partial charge >= 0.3 is 0 Å². The van der Waals surface area contributed by atoms with Crippen LogP contribution in [0.4, 0.5) is 5.82 Å². The highest BCUT2D eigenvalue weighted by atomic mass is 16.5. The summed E-state index contributed by atoms with van der Waals surface area (Å²) in [6.07, 6.45) is 0.568. The fraction of sp³-hybridized carbons (Fsp3) is 0.300. The van der Waals surface area contributed by atoms with Crippen molar-refractivity contribution in [1.29, 1.82) is 5.26 Å². The second kappa shape index (κ2) is 16.1. The normalized spacial score (nSPS) is 14.0. The number of fused-ring (bicyclic) bond motifs is 1. The first kappa shape index (κ1) is 33.4. The number of carbonyl (C=O) groups excluding carboxylic acids is 1. The molecule has 1 atom stereocenters. The summed E-state index contributed by atoms with van der Waals surface area (Å²) in [6.45, 7) is 8.19. The Kier molecular flexibility index (Phi) is 11.0. The lowest BCUT2D eigenvalue weighted by molar-refractivity contribution is -0.121. The van der Waals surface area contributed by atoms with Crippen molar-refractivity contribution in [1.82, 2.24) is 20.2 Å². The van der Waals surface area contributed by atoms with Gasteiger partial charge in [-0.05, 0) is 61.2 Å². The van der Waals surface area contributed by atoms with E-state index in [-0.39, 0.29) is 6.04 Å². The van der Waals surface area contributed by atoms with Gasteiger partial charge in [-0.1, -0.05) is 78.9 Å². The van der Waals surface area contributed by atoms with Gasteiger partial charge in [0.25, 0.3) is 0 Å². The van der Waals surface area contributed by atoms with Crippen LogP contribution in [-0.2, 0) is 11.2 Å². The Labute approximate surface area is 288 Å². The number of anilines is 1. The molecule has 1 aliphatic rings. The maximum absolute atomic E-state index is 13.6. The number of aromatic nitrogens is 2. The quantitative estimate of drug-likeness (QED) is 0.158. The number of rotatable bonds is 13. The van der Waals surface area contributed by atoms with Crippen molar-refractivity contribution in [2.45, 2.75) is 32.2 Å². The molecule has 2 heterocycles. The smallest absolute Gasteiger partial charge is 0.243 e. The standard InChI is InChI=1S/C40H42N6O3/c1-3-48-35-20-19-29(27-36(35)49-4-2)21-22-42-40(47)32(28-41)37-39(44-34-18-12-11-17-33(34)43-37)46-25-23-45(24-26-46)38(30-13-7-5-8-14-30)31-15-9-6-10-16-31/h5-20,27,32,38H,3-4,21-26H2,1-2H3,(H,42,47)/t32-/m0/s1. The molecule has 250 valence electrons. The van der Waals surface area contributed by atoms with Gasteiger partial charge in [0.15, 0.2) is 23.2 Å². The summed E-state index contributed by atoms with van der Waals surface area (Å²) in [6, 6.07) is 36.9. The number of carbonyl (C=O) groups is 1. The Morgan fingerprint density at radius 3 is 2.00 bits per heavy atom. The number of nitriles is 1. The summed E-state index contributed by atoms with van der Waals surface area (Å²) in [5, 5.41) is 13.3. The molecule has 6 rings (SSSR count). The van der Waals surface area contributed by atoms with Crippen molar-refractivity contribution in [3.05, 3.63) is 126 Å². The van der Waals surface area contributed by atoms with E-state index < -0.39 is 11.8 Å². The van der Waals surface area contributed by atoms with E-state index in [1.165, 1.54) is 11.1 Å². The number of hydrogen-bond acceptors (Lipinski definition) is 8. The lowest BCUT2D eigenvalue weighted by atomic mass is 9.96. The minimum absolute atomic E-state index is 0.115. The molecule has 1 aromatic heterocycles. The van der Waals surface area contributed by atoms with Crippen LogP contribution in [0.15, 0.2) is 103 Å². The molecule has 1 saturated heterocycles. The second-order valence-corrected chi connectivity index (χ2v) is 11.9. The lowest BCUT2D eigenvalue weighted by Gasteiger charge is -2.40. The van der Waals surface area contributed by atoms with Crippen LogP contribution in [0.5, 0.6) is 11.5 Å². The van der Waals surface area contributed by atoms with E-state index in [0.29, 0.717) is 67.8 Å². The van der Waals surface area contributed by atoms with Crippen molar-refractivity contribution in [3.63, 3.8) is 0 Å². The molecule has 0 bridgehead atoms. The lowest BCUT2D eigenvalue weighted by Crippen LogP contribution is -2.48. The predicted octanol–water partition coefficient (Wildman–Crippen LogP) is 6.30. The van der Waals surface area contributed by atoms with E-state index in [1.807, 2.05) is 68.4 Å². The molecule has 49 heavy (non-hydrogen) atoms. The zero-order valence-electron chi connectivity index (χ0n) is 28.1. The zero-order valence-corrected chi connectivity index (χ0v) is 28.1. The molecule has 9 nitrogen and oxygen atoms in total. The molecular weight excluding hydrogens is 612 g/mol. The largest absolute Gasteiger partial charge is 0.490 e. The third-order valence-corrected chi connectivity index (χ3v) is 8.77. The molecule has 9 heteroatoms. The van der Waals surface area contributed by atoms with Crippen LogP contribution < -0.4 is 19.7 Å². The SMILES string of the molecule is CCOc1ccc(CCNC(=O)[C@@H](C#N)c2nc3ccccc3nc2N2CCN(C(c3ccccc3)c3ccccc3)CC2)cc1OCC. The molecule has 5 aromatic rings. The predicted molar refractivity (Wildman–Crippen MR) is 192 cm³/mol. The van der Waals surface area contributed by atoms with Crippen LogP contribution in [-0.4, -0.2) is 66.7 Å². The molecule has 0 spiro atoms. The van der Waals surface area contributed by atoms with Gasteiger partial charge in [-0.3, -0.25) is 9.69 Å². The summed E-state index contributed by atoms with van der Waals surface area (Å²) in [5.74, 6) is 0.449. The van der Waals surface area contributed by atoms with Crippen LogP contribution in [0.3, 0.4) is 0 Å². The van der Waals surface area contributed by atoms with E-state index >= 15 is 0 Å². The number of ether oxygens (including phenoxy) is 2. The highest BCUT2D eigenvalue weighted by molar-refractivity contribution is 5.89. The molecule has 0 aliphatic carbocycles. The van der Waals surface area contributed by atoms with Crippen LogP contribution in [0, 0.1) is 11.3 Å². The van der Waals surface area contributed by atoms with Crippen LogP contribution >= 0.6 is 0 Å². The number of nitrogens with one attached hydrogen (secondary N) is 1. The second-order valence-electron chi connectivity index (χ2n) is 11.9. The van der Waals surface area contributed by atoms with Gasteiger partial charge < -0.3 is 19.7 Å². The average Bonchev–Trinajstić information content (AvgIpc) is 3.14. The maximum Gasteiger partial charge on any atom is 0.243 e. The van der Waals surface area contributed by atoms with Gasteiger partial charge in [0.1, 0.15) is 5.69 Å². The molecule has 0 radical (unpaired) electrons. The summed E-state index contributed by atoms with van der Waals surface area (Å²) in [7, 11) is 0. The topological polar surface area (TPSA) is 104 Å². The highest BCUT2D eigenvalue weighted by Gasteiger charge is 2.32. The molecule has 1 aliphatic heterocycles. The van der Waals surface area contributed by atoms with Crippen molar-refractivity contribution in [2.24, 2.45) is 0 Å². The highest BCUT2D eigenvalue weighted by Crippen LogP contribution is 2.33. The van der Waals surface area contributed by atoms with Gasteiger partial charge in [-0.2, -0.15) is 5.26 Å². The van der Waals surface area contributed by atoms with Crippen LogP contribution in [0.1, 0.15) is 48.2 Å². The molecule has 1 fully saturated rings. The fourth-order valence-corrected chi connectivity index (χ4v) is 6.43. The first-order chi connectivity index (χ1) is 24.1. The Balaban J connectivity index is 1.20. The number of hydrogen-bond donors (Lipinski definition) is 1. The van der Waals surface area contributed by atoms with Crippen LogP contribution in [0.2, 0.25) is 0 Å². The monoisotopic (exact) mass is 654 g/mol. The summed E-state index contributed by atoms with van der Waals surface area (Å²) in [5.41, 5.74) is 5.25. The molecule has 4 aromatic carbocycles. The summed E-state index contributed by atoms with van der Waals surface area (Å²) in [4.78, 5) is 28.2. The minimum Gasteiger partial charge on any atom is -0.490 e. The van der Waals surface area contributed by atoms with Gasteiger partial charge in [0, 0.05) is 32.7 Å². The number of nitrogens with zero attached hydrogens (tertiary/aromatic N) is 5. The van der Waals surface area contributed by atoms with Crippen molar-refractivity contribution in [2.75, 3.05) is 50.8 Å². The average molecular weight is 655 g/mol. The number of benzene rings is 4. The molecule has 0 unspecified atom stereocenters. The van der Waals surface area contributed by atoms with E-state index in [0.717, 1.165) is 24.2 Å². The molecular formula is C40H42N6O3. The maximum atomic E-state index is 13.6. The van der Waals surface area contributed by atoms with E-state index in [2.05, 4.69) is 69.7 Å². The molecule has 0 saturated carbocycles. The van der Waals surface area contributed by atoms with E-state index in [4.69, 9.17) is 19.4 Å². The number of para-hydroxylation sites is 2. The number of amides is 1. The Morgan fingerprint density at radius 2 is 1.39 bits per heavy atom. The third kappa shape index (κ3) is 7.82. The van der Waals surface area contributed by atoms with Gasteiger partial charge in [0.05, 0.1) is 36.4 Å². The van der Waals surface area contributed by atoms with Crippen molar-refractivity contribution >= 4 is 22.8 Å². The van der Waals surface area contributed by atoms with E-state index in [9.17, 15) is 10.1 Å². The first-order valence-electron chi connectivity index (χ1n) is 17.0. The van der Waals surface area contributed by atoms with Crippen LogP contribution in [0.25, 0.3) is 11.0 Å². The Bertz CT molecular complexity index is 1850. The van der Waals surface area contributed by atoms with E-state index in [1.54, 1.807) is 0 Å².